The minimum atomic E-state index is -0.284. The molecule has 2 aliphatic rings. The summed E-state index contributed by atoms with van der Waals surface area (Å²) in [6.07, 6.45) is 5.39. The Morgan fingerprint density at radius 2 is 1.92 bits per heavy atom. The highest BCUT2D eigenvalue weighted by atomic mass is 16.5. The monoisotopic (exact) mass is 344 g/mol. The molecule has 2 fully saturated rings. The summed E-state index contributed by atoms with van der Waals surface area (Å²) in [5.74, 6) is 1.61. The van der Waals surface area contributed by atoms with Crippen molar-refractivity contribution in [3.05, 3.63) is 35.4 Å². The van der Waals surface area contributed by atoms with E-state index < -0.39 is 0 Å². The SMILES string of the molecule is CCC(N)CC(N)OCc1ccccc1C12CC(C)CCC1C2(C)C. The topological polar surface area (TPSA) is 61.3 Å². The largest absolute Gasteiger partial charge is 0.359 e. The Balaban J connectivity index is 1.78. The molecule has 3 nitrogen and oxygen atoms in total. The van der Waals surface area contributed by atoms with Crippen molar-refractivity contribution in [1.29, 1.82) is 0 Å². The van der Waals surface area contributed by atoms with Crippen molar-refractivity contribution >= 4 is 0 Å². The number of hydrogen-bond donors (Lipinski definition) is 2. The van der Waals surface area contributed by atoms with Crippen molar-refractivity contribution in [2.45, 2.75) is 84.1 Å². The maximum Gasteiger partial charge on any atom is 0.107 e. The summed E-state index contributed by atoms with van der Waals surface area (Å²) in [5.41, 5.74) is 15.7. The average Bonchev–Trinajstić information content (AvgIpc) is 3.08. The summed E-state index contributed by atoms with van der Waals surface area (Å²) in [7, 11) is 0. The van der Waals surface area contributed by atoms with Gasteiger partial charge in [-0.05, 0) is 47.6 Å². The van der Waals surface area contributed by atoms with Gasteiger partial charge in [0.1, 0.15) is 6.23 Å². The van der Waals surface area contributed by atoms with Crippen molar-refractivity contribution < 1.29 is 4.74 Å². The van der Waals surface area contributed by atoms with Crippen LogP contribution in [-0.4, -0.2) is 12.3 Å². The van der Waals surface area contributed by atoms with Crippen LogP contribution < -0.4 is 11.5 Å². The van der Waals surface area contributed by atoms with Gasteiger partial charge in [0, 0.05) is 17.9 Å². The molecule has 3 rings (SSSR count). The van der Waals surface area contributed by atoms with Gasteiger partial charge in [0.2, 0.25) is 0 Å². The van der Waals surface area contributed by atoms with Crippen LogP contribution in [0.25, 0.3) is 0 Å². The smallest absolute Gasteiger partial charge is 0.107 e. The van der Waals surface area contributed by atoms with Gasteiger partial charge in [0.25, 0.3) is 0 Å². The second kappa shape index (κ2) is 7.02. The number of rotatable bonds is 7. The van der Waals surface area contributed by atoms with E-state index in [0.29, 0.717) is 17.4 Å². The molecule has 5 atom stereocenters. The van der Waals surface area contributed by atoms with Gasteiger partial charge in [0.05, 0.1) is 6.61 Å². The Bertz CT molecular complexity index is 599. The Morgan fingerprint density at radius 3 is 2.64 bits per heavy atom. The van der Waals surface area contributed by atoms with E-state index in [0.717, 1.165) is 24.7 Å². The van der Waals surface area contributed by atoms with Crippen LogP contribution >= 0.6 is 0 Å². The fraction of sp³-hybridized carbons (Fsp3) is 0.727. The van der Waals surface area contributed by atoms with E-state index in [2.05, 4.69) is 52.0 Å². The maximum absolute atomic E-state index is 6.14. The second-order valence-electron chi connectivity index (χ2n) is 9.04. The minimum absolute atomic E-state index is 0.120. The van der Waals surface area contributed by atoms with Crippen LogP contribution in [0.15, 0.2) is 24.3 Å². The quantitative estimate of drug-likeness (QED) is 0.724. The third-order valence-electron chi connectivity index (χ3n) is 7.16. The van der Waals surface area contributed by atoms with Gasteiger partial charge in [-0.2, -0.15) is 0 Å². The molecule has 5 unspecified atom stereocenters. The summed E-state index contributed by atoms with van der Waals surface area (Å²) in [6.45, 7) is 10.0. The molecule has 2 saturated carbocycles. The van der Waals surface area contributed by atoms with Gasteiger partial charge >= 0.3 is 0 Å². The first-order valence-electron chi connectivity index (χ1n) is 10.0. The van der Waals surface area contributed by atoms with E-state index in [9.17, 15) is 0 Å². The van der Waals surface area contributed by atoms with E-state index in [1.54, 1.807) is 0 Å². The van der Waals surface area contributed by atoms with Gasteiger partial charge < -0.3 is 16.2 Å². The highest BCUT2D eigenvalue weighted by molar-refractivity contribution is 5.45. The highest BCUT2D eigenvalue weighted by Gasteiger charge is 2.72. The Morgan fingerprint density at radius 1 is 1.20 bits per heavy atom. The summed E-state index contributed by atoms with van der Waals surface area (Å²) >= 11 is 0. The molecule has 0 aliphatic heterocycles. The minimum Gasteiger partial charge on any atom is -0.359 e. The first-order valence-corrected chi connectivity index (χ1v) is 10.0. The zero-order chi connectivity index (χ0) is 18.2. The summed E-state index contributed by atoms with van der Waals surface area (Å²) < 4.78 is 5.99. The average molecular weight is 345 g/mol. The molecule has 3 heteroatoms. The van der Waals surface area contributed by atoms with Crippen LogP contribution in [0.4, 0.5) is 0 Å². The Hall–Kier alpha value is -0.900. The van der Waals surface area contributed by atoms with Crippen LogP contribution in [0.1, 0.15) is 70.9 Å². The van der Waals surface area contributed by atoms with Crippen LogP contribution in [0.5, 0.6) is 0 Å². The lowest BCUT2D eigenvalue weighted by Gasteiger charge is -2.30. The van der Waals surface area contributed by atoms with Crippen LogP contribution in [-0.2, 0) is 16.8 Å². The molecule has 2 aliphatic carbocycles. The number of benzene rings is 1. The highest BCUT2D eigenvalue weighted by Crippen LogP contribution is 2.76. The van der Waals surface area contributed by atoms with Crippen molar-refractivity contribution in [2.24, 2.45) is 28.7 Å². The van der Waals surface area contributed by atoms with Crippen molar-refractivity contribution in [2.75, 3.05) is 0 Å². The van der Waals surface area contributed by atoms with Gasteiger partial charge in [-0.1, -0.05) is 58.4 Å². The molecule has 0 saturated heterocycles. The summed E-state index contributed by atoms with van der Waals surface area (Å²) in [6, 6.07) is 8.99. The molecule has 0 amide bonds. The van der Waals surface area contributed by atoms with E-state index in [1.807, 2.05) is 0 Å². The predicted molar refractivity (Wildman–Crippen MR) is 104 cm³/mol. The van der Waals surface area contributed by atoms with Crippen molar-refractivity contribution in [1.82, 2.24) is 0 Å². The first-order chi connectivity index (χ1) is 11.8. The number of nitrogens with two attached hydrogens (primary N) is 2. The fourth-order valence-electron chi connectivity index (χ4n) is 5.54. The van der Waals surface area contributed by atoms with E-state index in [-0.39, 0.29) is 12.3 Å². The van der Waals surface area contributed by atoms with E-state index >= 15 is 0 Å². The molecule has 0 spiro atoms. The fourth-order valence-corrected chi connectivity index (χ4v) is 5.54. The van der Waals surface area contributed by atoms with Gasteiger partial charge in [-0.25, -0.2) is 0 Å². The lowest BCUT2D eigenvalue weighted by molar-refractivity contribution is 0.0340. The standard InChI is InChI=1S/C22H36N2O/c1-5-17(23)12-20(24)25-14-16-8-6-7-9-18(16)22-13-15(2)10-11-19(22)21(22,3)4/h6-9,15,17,19-20H,5,10-14,23-24H2,1-4H3. The van der Waals surface area contributed by atoms with Gasteiger partial charge in [-0.15, -0.1) is 0 Å². The van der Waals surface area contributed by atoms with Crippen molar-refractivity contribution in [3.8, 4) is 0 Å². The van der Waals surface area contributed by atoms with Crippen molar-refractivity contribution in [3.63, 3.8) is 0 Å². The molecular weight excluding hydrogens is 308 g/mol. The molecular formula is C22H36N2O. The summed E-state index contributed by atoms with van der Waals surface area (Å²) in [4.78, 5) is 0. The van der Waals surface area contributed by atoms with Gasteiger partial charge in [-0.3, -0.25) is 0 Å². The molecule has 0 heterocycles. The molecule has 140 valence electrons. The molecule has 0 bridgehead atoms. The zero-order valence-electron chi connectivity index (χ0n) is 16.4. The molecule has 4 N–H and O–H groups in total. The normalized spacial score (nSPS) is 32.7. The van der Waals surface area contributed by atoms with E-state index in [1.165, 1.54) is 30.4 Å². The van der Waals surface area contributed by atoms with E-state index in [4.69, 9.17) is 16.2 Å². The molecule has 25 heavy (non-hydrogen) atoms. The molecule has 1 aromatic carbocycles. The van der Waals surface area contributed by atoms with Crippen LogP contribution in [0.3, 0.4) is 0 Å². The number of fused-ring (bicyclic) bond motifs is 1. The number of hydrogen-bond acceptors (Lipinski definition) is 3. The predicted octanol–water partition coefficient (Wildman–Crippen LogP) is 4.33. The van der Waals surface area contributed by atoms with Crippen LogP contribution in [0.2, 0.25) is 0 Å². The second-order valence-corrected chi connectivity index (χ2v) is 9.04. The lowest BCUT2D eigenvalue weighted by Crippen LogP contribution is -2.33. The Kier molecular flexibility index (Phi) is 5.30. The van der Waals surface area contributed by atoms with Gasteiger partial charge in [0.15, 0.2) is 0 Å². The molecule has 0 aromatic heterocycles. The third kappa shape index (κ3) is 3.27. The third-order valence-corrected chi connectivity index (χ3v) is 7.16. The molecule has 1 aromatic rings. The lowest BCUT2D eigenvalue weighted by atomic mass is 9.74. The molecule has 0 radical (unpaired) electrons. The Labute approximate surface area is 153 Å². The number of ether oxygens (including phenoxy) is 1. The zero-order valence-corrected chi connectivity index (χ0v) is 16.4. The summed E-state index contributed by atoms with van der Waals surface area (Å²) in [5, 5.41) is 0. The van der Waals surface area contributed by atoms with Crippen LogP contribution in [0, 0.1) is 17.3 Å². The first kappa shape index (κ1) is 18.9. The maximum atomic E-state index is 6.14.